The summed E-state index contributed by atoms with van der Waals surface area (Å²) in [5.41, 5.74) is -0.0542. The minimum absolute atomic E-state index is 0.0493. The normalized spacial score (nSPS) is 18.6. The zero-order valence-corrected chi connectivity index (χ0v) is 9.87. The van der Waals surface area contributed by atoms with Gasteiger partial charge in [0.15, 0.2) is 0 Å². The molecule has 1 atom stereocenters. The third-order valence-corrected chi connectivity index (χ3v) is 3.19. The first-order valence-corrected chi connectivity index (χ1v) is 5.56. The van der Waals surface area contributed by atoms with Crippen LogP contribution in [0.2, 0.25) is 0 Å². The van der Waals surface area contributed by atoms with Crippen LogP contribution in [0.3, 0.4) is 0 Å². The van der Waals surface area contributed by atoms with Gasteiger partial charge in [0, 0.05) is 11.5 Å². The third kappa shape index (κ3) is 2.25. The zero-order valence-electron chi connectivity index (χ0n) is 9.87. The number of halogens is 1. The van der Waals surface area contributed by atoms with Gasteiger partial charge < -0.3 is 9.84 Å². The number of rotatable bonds is 3. The average molecular weight is 238 g/mol. The summed E-state index contributed by atoms with van der Waals surface area (Å²) in [6.07, 6.45) is 0.443. The molecular weight excluding hydrogens is 223 g/mol. The van der Waals surface area contributed by atoms with Crippen LogP contribution in [0.4, 0.5) is 4.39 Å². The molecule has 92 valence electrons. The Kier molecular flexibility index (Phi) is 2.81. The van der Waals surface area contributed by atoms with E-state index in [1.54, 1.807) is 19.9 Å². The third-order valence-electron chi connectivity index (χ3n) is 3.19. The van der Waals surface area contributed by atoms with E-state index < -0.39 is 11.4 Å². The molecule has 1 unspecified atom stereocenters. The van der Waals surface area contributed by atoms with E-state index in [2.05, 4.69) is 0 Å². The van der Waals surface area contributed by atoms with Gasteiger partial charge in [0.2, 0.25) is 0 Å². The summed E-state index contributed by atoms with van der Waals surface area (Å²) < 4.78 is 18.6. The maximum absolute atomic E-state index is 13.2. The average Bonchev–Trinajstić information content (AvgIpc) is 2.60. The molecule has 1 aliphatic heterocycles. The van der Waals surface area contributed by atoms with Crippen LogP contribution >= 0.6 is 0 Å². The number of carboxylic acid groups (broad SMARTS) is 1. The Morgan fingerprint density at radius 2 is 2.29 bits per heavy atom. The first kappa shape index (κ1) is 11.9. The molecule has 4 heteroatoms. The monoisotopic (exact) mass is 238 g/mol. The van der Waals surface area contributed by atoms with Gasteiger partial charge in [-0.3, -0.25) is 4.79 Å². The number of hydrogen-bond acceptors (Lipinski definition) is 2. The lowest BCUT2D eigenvalue weighted by Gasteiger charge is -2.22. The fourth-order valence-corrected chi connectivity index (χ4v) is 2.12. The van der Waals surface area contributed by atoms with Crippen LogP contribution < -0.4 is 4.74 Å². The molecule has 1 aromatic carbocycles. The summed E-state index contributed by atoms with van der Waals surface area (Å²) in [5, 5.41) is 9.09. The van der Waals surface area contributed by atoms with Gasteiger partial charge in [-0.15, -0.1) is 0 Å². The lowest BCUT2D eigenvalue weighted by molar-refractivity contribution is -0.147. The molecule has 1 aliphatic rings. The summed E-state index contributed by atoms with van der Waals surface area (Å²) in [5.74, 6) is -0.542. The molecule has 0 amide bonds. The Morgan fingerprint density at radius 3 is 2.94 bits per heavy atom. The van der Waals surface area contributed by atoms with Gasteiger partial charge >= 0.3 is 5.97 Å². The van der Waals surface area contributed by atoms with E-state index in [1.807, 2.05) is 0 Å². The molecule has 1 aromatic rings. The van der Waals surface area contributed by atoms with Crippen molar-refractivity contribution in [1.82, 2.24) is 0 Å². The van der Waals surface area contributed by atoms with Crippen molar-refractivity contribution in [3.05, 3.63) is 29.6 Å². The number of carbonyl (C=O) groups is 1. The maximum atomic E-state index is 13.2. The lowest BCUT2D eigenvalue weighted by Crippen LogP contribution is -2.26. The summed E-state index contributed by atoms with van der Waals surface area (Å²) in [7, 11) is 0. The van der Waals surface area contributed by atoms with Crippen molar-refractivity contribution in [3.63, 3.8) is 0 Å². The molecule has 1 heterocycles. The van der Waals surface area contributed by atoms with Crippen molar-refractivity contribution >= 4 is 5.97 Å². The van der Waals surface area contributed by atoms with Crippen LogP contribution in [0.1, 0.15) is 31.7 Å². The number of carboxylic acids is 1. The Morgan fingerprint density at radius 1 is 1.59 bits per heavy atom. The summed E-state index contributed by atoms with van der Waals surface area (Å²) in [6.45, 7) is 3.77. The Bertz CT molecular complexity index is 454. The second-order valence-electron chi connectivity index (χ2n) is 5.08. The van der Waals surface area contributed by atoms with Crippen molar-refractivity contribution in [3.8, 4) is 5.75 Å². The molecule has 0 radical (unpaired) electrons. The molecule has 0 saturated heterocycles. The summed E-state index contributed by atoms with van der Waals surface area (Å²) in [6, 6.07) is 4.38. The number of benzene rings is 1. The van der Waals surface area contributed by atoms with Crippen LogP contribution in [0.5, 0.6) is 5.75 Å². The second-order valence-corrected chi connectivity index (χ2v) is 5.08. The van der Waals surface area contributed by atoms with Gasteiger partial charge in [-0.05, 0) is 38.5 Å². The predicted molar refractivity (Wildman–Crippen MR) is 60.7 cm³/mol. The highest BCUT2D eigenvalue weighted by atomic mass is 19.1. The smallest absolute Gasteiger partial charge is 0.309 e. The summed E-state index contributed by atoms with van der Waals surface area (Å²) >= 11 is 0. The van der Waals surface area contributed by atoms with E-state index in [1.165, 1.54) is 12.1 Å². The van der Waals surface area contributed by atoms with E-state index in [4.69, 9.17) is 9.84 Å². The molecule has 3 nitrogen and oxygen atoms in total. The molecule has 0 aliphatic carbocycles. The topological polar surface area (TPSA) is 46.5 Å². The highest BCUT2D eigenvalue weighted by molar-refractivity contribution is 5.73. The molecule has 1 N–H and O–H groups in total. The van der Waals surface area contributed by atoms with Crippen LogP contribution in [0, 0.1) is 11.2 Å². The van der Waals surface area contributed by atoms with Gasteiger partial charge in [-0.1, -0.05) is 0 Å². The number of aliphatic carboxylic acids is 1. The molecule has 17 heavy (non-hydrogen) atoms. The Labute approximate surface area is 99.2 Å². The quantitative estimate of drug-likeness (QED) is 0.880. The van der Waals surface area contributed by atoms with E-state index >= 15 is 0 Å². The van der Waals surface area contributed by atoms with Gasteiger partial charge in [0.05, 0.1) is 12.0 Å². The minimum atomic E-state index is -0.845. The lowest BCUT2D eigenvalue weighted by atomic mass is 9.81. The van der Waals surface area contributed by atoms with Gasteiger partial charge in [0.1, 0.15) is 11.6 Å². The van der Waals surface area contributed by atoms with Gasteiger partial charge in [-0.25, -0.2) is 4.39 Å². The van der Waals surface area contributed by atoms with Crippen molar-refractivity contribution in [2.75, 3.05) is 6.61 Å². The Hall–Kier alpha value is -1.58. The Balaban J connectivity index is 2.23. The molecule has 0 saturated carbocycles. The first-order valence-electron chi connectivity index (χ1n) is 5.56. The maximum Gasteiger partial charge on any atom is 0.309 e. The van der Waals surface area contributed by atoms with E-state index in [0.29, 0.717) is 18.8 Å². The first-order chi connectivity index (χ1) is 7.90. The molecule has 2 rings (SSSR count). The van der Waals surface area contributed by atoms with Crippen molar-refractivity contribution in [2.45, 2.75) is 26.2 Å². The van der Waals surface area contributed by atoms with Crippen molar-refractivity contribution in [1.29, 1.82) is 0 Å². The van der Waals surface area contributed by atoms with Crippen molar-refractivity contribution < 1.29 is 19.0 Å². The number of hydrogen-bond donors (Lipinski definition) is 1. The number of ether oxygens (including phenoxy) is 1. The van der Waals surface area contributed by atoms with Crippen LogP contribution in [-0.4, -0.2) is 17.7 Å². The van der Waals surface area contributed by atoms with E-state index in [9.17, 15) is 9.18 Å². The zero-order chi connectivity index (χ0) is 12.6. The van der Waals surface area contributed by atoms with Crippen molar-refractivity contribution in [2.24, 2.45) is 5.41 Å². The van der Waals surface area contributed by atoms with Crippen LogP contribution in [0.15, 0.2) is 18.2 Å². The van der Waals surface area contributed by atoms with Crippen LogP contribution in [-0.2, 0) is 4.79 Å². The van der Waals surface area contributed by atoms with E-state index in [0.717, 1.165) is 5.56 Å². The fraction of sp³-hybridized carbons (Fsp3) is 0.462. The summed E-state index contributed by atoms with van der Waals surface area (Å²) in [4.78, 5) is 11.1. The second kappa shape index (κ2) is 4.02. The molecule has 0 spiro atoms. The number of fused-ring (bicyclic) bond motifs is 1. The highest BCUT2D eigenvalue weighted by Gasteiger charge is 2.35. The standard InChI is InChI=1S/C13H15FO3/c1-13(2,12(15)16)6-8-7-17-11-4-3-9(14)5-10(8)11/h3-5,8H,6-7H2,1-2H3,(H,15,16). The van der Waals surface area contributed by atoms with E-state index in [-0.39, 0.29) is 11.7 Å². The van der Waals surface area contributed by atoms with Gasteiger partial charge in [0.25, 0.3) is 0 Å². The predicted octanol–water partition coefficient (Wildman–Crippen LogP) is 2.80. The minimum Gasteiger partial charge on any atom is -0.493 e. The van der Waals surface area contributed by atoms with Gasteiger partial charge in [-0.2, -0.15) is 0 Å². The molecule has 0 aromatic heterocycles. The molecular formula is C13H15FO3. The molecule has 0 fully saturated rings. The highest BCUT2D eigenvalue weighted by Crippen LogP contribution is 2.40. The van der Waals surface area contributed by atoms with Crippen LogP contribution in [0.25, 0.3) is 0 Å². The SMILES string of the molecule is CC(C)(CC1COc2ccc(F)cc21)C(=O)O. The fourth-order valence-electron chi connectivity index (χ4n) is 2.12. The molecule has 0 bridgehead atoms. The largest absolute Gasteiger partial charge is 0.493 e.